The number of piperidine rings is 1. The number of carbonyl (C=O) groups is 2. The van der Waals surface area contributed by atoms with Crippen LogP contribution in [-0.2, 0) is 16.0 Å². The van der Waals surface area contributed by atoms with Gasteiger partial charge in [-0.1, -0.05) is 13.0 Å². The van der Waals surface area contributed by atoms with Gasteiger partial charge in [-0.3, -0.25) is 4.79 Å². The molecular weight excluding hydrogens is 348 g/mol. The highest BCUT2D eigenvalue weighted by molar-refractivity contribution is 5.77. The van der Waals surface area contributed by atoms with Gasteiger partial charge < -0.3 is 24.0 Å². The molecule has 3 aliphatic rings. The van der Waals surface area contributed by atoms with Gasteiger partial charge in [-0.25, -0.2) is 4.79 Å². The number of carbonyl (C=O) groups excluding carboxylic acids is 2. The second-order valence-electron chi connectivity index (χ2n) is 7.95. The number of benzene rings is 1. The van der Waals surface area contributed by atoms with Crippen LogP contribution < -0.4 is 9.47 Å². The van der Waals surface area contributed by atoms with Crippen LogP contribution in [0.1, 0.15) is 31.7 Å². The van der Waals surface area contributed by atoms with Crippen LogP contribution in [0.4, 0.5) is 4.79 Å². The first kappa shape index (κ1) is 17.9. The molecule has 0 radical (unpaired) electrons. The summed E-state index contributed by atoms with van der Waals surface area (Å²) < 4.78 is 15.9. The monoisotopic (exact) mass is 374 g/mol. The third-order valence-electron chi connectivity index (χ3n) is 5.63. The van der Waals surface area contributed by atoms with Gasteiger partial charge in [0, 0.05) is 32.6 Å². The third kappa shape index (κ3) is 3.96. The lowest BCUT2D eigenvalue weighted by Gasteiger charge is -2.41. The zero-order valence-electron chi connectivity index (χ0n) is 15.7. The maximum atomic E-state index is 12.4. The van der Waals surface area contributed by atoms with Crippen LogP contribution in [0.2, 0.25) is 0 Å². The molecule has 3 aliphatic heterocycles. The minimum atomic E-state index is -0.270. The fourth-order valence-electron chi connectivity index (χ4n) is 4.13. The molecule has 2 saturated heterocycles. The largest absolute Gasteiger partial charge is 0.454 e. The maximum absolute atomic E-state index is 12.4. The Balaban J connectivity index is 1.38. The molecule has 7 nitrogen and oxygen atoms in total. The Hall–Kier alpha value is -2.44. The summed E-state index contributed by atoms with van der Waals surface area (Å²) in [7, 11) is 0. The Morgan fingerprint density at radius 1 is 1.07 bits per heavy atom. The second kappa shape index (κ2) is 7.29. The van der Waals surface area contributed by atoms with E-state index in [0.29, 0.717) is 39.2 Å². The average molecular weight is 374 g/mol. The number of amides is 2. The summed E-state index contributed by atoms with van der Waals surface area (Å²) in [6, 6.07) is 6.07. The predicted molar refractivity (Wildman–Crippen MR) is 97.7 cm³/mol. The Morgan fingerprint density at radius 2 is 1.89 bits per heavy atom. The van der Waals surface area contributed by atoms with Crippen molar-refractivity contribution < 1.29 is 23.8 Å². The molecule has 1 aromatic carbocycles. The lowest BCUT2D eigenvalue weighted by atomic mass is 9.76. The molecule has 1 atom stereocenters. The Labute approximate surface area is 159 Å². The Morgan fingerprint density at radius 3 is 2.74 bits per heavy atom. The Bertz CT molecular complexity index is 737. The van der Waals surface area contributed by atoms with Crippen molar-refractivity contribution in [3.63, 3.8) is 0 Å². The summed E-state index contributed by atoms with van der Waals surface area (Å²) in [5, 5.41) is 0. The fourth-order valence-corrected chi connectivity index (χ4v) is 4.13. The first-order chi connectivity index (χ1) is 13.0. The topological polar surface area (TPSA) is 68.3 Å². The maximum Gasteiger partial charge on any atom is 0.409 e. The molecule has 27 heavy (non-hydrogen) atoms. The quantitative estimate of drug-likeness (QED) is 0.792. The van der Waals surface area contributed by atoms with E-state index in [1.54, 1.807) is 4.90 Å². The summed E-state index contributed by atoms with van der Waals surface area (Å²) in [5.74, 6) is 1.75. The molecule has 2 fully saturated rings. The van der Waals surface area contributed by atoms with Gasteiger partial charge in [0.1, 0.15) is 0 Å². The number of likely N-dealkylation sites (tertiary alicyclic amines) is 1. The smallest absolute Gasteiger partial charge is 0.409 e. The zero-order chi connectivity index (χ0) is 18.9. The van der Waals surface area contributed by atoms with E-state index in [1.807, 2.05) is 17.0 Å². The van der Waals surface area contributed by atoms with Crippen LogP contribution in [0.3, 0.4) is 0 Å². The van der Waals surface area contributed by atoms with Crippen LogP contribution in [0.15, 0.2) is 18.2 Å². The molecule has 4 rings (SSSR count). The summed E-state index contributed by atoms with van der Waals surface area (Å²) in [6.07, 6.45) is 2.86. The summed E-state index contributed by atoms with van der Waals surface area (Å²) in [4.78, 5) is 27.8. The van der Waals surface area contributed by atoms with Gasteiger partial charge in [0.25, 0.3) is 0 Å². The third-order valence-corrected chi connectivity index (χ3v) is 5.63. The van der Waals surface area contributed by atoms with Crippen LogP contribution in [-0.4, -0.2) is 61.4 Å². The van der Waals surface area contributed by atoms with E-state index < -0.39 is 0 Å². The van der Waals surface area contributed by atoms with Crippen molar-refractivity contribution in [2.75, 3.05) is 39.6 Å². The Kier molecular flexibility index (Phi) is 4.85. The van der Waals surface area contributed by atoms with E-state index in [4.69, 9.17) is 14.2 Å². The predicted octanol–water partition coefficient (Wildman–Crippen LogP) is 2.43. The summed E-state index contributed by atoms with van der Waals surface area (Å²) in [6.45, 7) is 5.49. The second-order valence-corrected chi connectivity index (χ2v) is 7.95. The molecule has 3 heterocycles. The molecule has 0 N–H and O–H groups in total. The van der Waals surface area contributed by atoms with E-state index in [1.165, 1.54) is 5.56 Å². The van der Waals surface area contributed by atoms with Crippen molar-refractivity contribution in [1.29, 1.82) is 0 Å². The van der Waals surface area contributed by atoms with Gasteiger partial charge in [0.05, 0.1) is 6.61 Å². The van der Waals surface area contributed by atoms with Crippen LogP contribution in [0.25, 0.3) is 0 Å². The molecule has 0 aliphatic carbocycles. The molecule has 7 heteroatoms. The van der Waals surface area contributed by atoms with Crippen LogP contribution >= 0.6 is 0 Å². The first-order valence-corrected chi connectivity index (χ1v) is 9.60. The molecule has 0 saturated carbocycles. The number of rotatable bonds is 5. The molecule has 0 bridgehead atoms. The van der Waals surface area contributed by atoms with Crippen molar-refractivity contribution in [2.24, 2.45) is 5.41 Å². The highest BCUT2D eigenvalue weighted by Crippen LogP contribution is 2.37. The molecule has 0 spiro atoms. The van der Waals surface area contributed by atoms with Crippen molar-refractivity contribution in [3.8, 4) is 11.5 Å². The van der Waals surface area contributed by atoms with Crippen molar-refractivity contribution >= 4 is 12.0 Å². The molecule has 0 unspecified atom stereocenters. The van der Waals surface area contributed by atoms with Crippen LogP contribution in [0.5, 0.6) is 11.5 Å². The number of nitrogens with zero attached hydrogens (tertiary/aromatic N) is 2. The lowest BCUT2D eigenvalue weighted by Crippen LogP contribution is -2.50. The van der Waals surface area contributed by atoms with E-state index >= 15 is 0 Å². The molecule has 0 aromatic heterocycles. The van der Waals surface area contributed by atoms with E-state index in [-0.39, 0.29) is 24.2 Å². The van der Waals surface area contributed by atoms with E-state index in [0.717, 1.165) is 30.8 Å². The van der Waals surface area contributed by atoms with E-state index in [2.05, 4.69) is 13.0 Å². The van der Waals surface area contributed by atoms with Crippen LogP contribution in [0, 0.1) is 5.41 Å². The fraction of sp³-hybridized carbons (Fsp3) is 0.600. The van der Waals surface area contributed by atoms with Gasteiger partial charge in [-0.15, -0.1) is 0 Å². The normalized spacial score (nSPS) is 24.9. The van der Waals surface area contributed by atoms with Gasteiger partial charge in [0.15, 0.2) is 11.5 Å². The minimum Gasteiger partial charge on any atom is -0.454 e. The van der Waals surface area contributed by atoms with Gasteiger partial charge in [-0.2, -0.15) is 0 Å². The number of cyclic esters (lactones) is 1. The lowest BCUT2D eigenvalue weighted by molar-refractivity contribution is -0.137. The zero-order valence-corrected chi connectivity index (χ0v) is 15.7. The highest BCUT2D eigenvalue weighted by Gasteiger charge is 2.35. The summed E-state index contributed by atoms with van der Waals surface area (Å²) in [5.41, 5.74) is 1.19. The minimum absolute atomic E-state index is 0.00398. The SMILES string of the molecule is C[C@]1(Cc2ccc3c(c2)OCO3)CCC(=O)N(CCN2CCCOC2=O)C1. The molecule has 2 amide bonds. The van der Waals surface area contributed by atoms with Gasteiger partial charge in [-0.05, 0) is 42.4 Å². The average Bonchev–Trinajstić information content (AvgIpc) is 3.11. The standard InChI is InChI=1S/C20H26N2O5/c1-20(12-15-3-4-16-17(11-15)27-14-26-16)6-5-18(23)22(13-20)9-8-21-7-2-10-25-19(21)24/h3-4,11H,2,5-10,12-14H2,1H3/t20-/m1/s1. The molecular formula is C20H26N2O5. The number of ether oxygens (including phenoxy) is 3. The number of fused-ring (bicyclic) bond motifs is 1. The number of hydrogen-bond acceptors (Lipinski definition) is 5. The van der Waals surface area contributed by atoms with Crippen molar-refractivity contribution in [1.82, 2.24) is 9.80 Å². The van der Waals surface area contributed by atoms with Gasteiger partial charge in [0.2, 0.25) is 12.7 Å². The van der Waals surface area contributed by atoms with Gasteiger partial charge >= 0.3 is 6.09 Å². The first-order valence-electron chi connectivity index (χ1n) is 9.60. The summed E-state index contributed by atoms with van der Waals surface area (Å²) >= 11 is 0. The number of hydrogen-bond donors (Lipinski definition) is 0. The molecule has 1 aromatic rings. The van der Waals surface area contributed by atoms with Crippen molar-refractivity contribution in [3.05, 3.63) is 23.8 Å². The highest BCUT2D eigenvalue weighted by atomic mass is 16.7. The molecule has 146 valence electrons. The van der Waals surface area contributed by atoms with E-state index in [9.17, 15) is 9.59 Å². The van der Waals surface area contributed by atoms with Crippen molar-refractivity contribution in [2.45, 2.75) is 32.6 Å².